The summed E-state index contributed by atoms with van der Waals surface area (Å²) in [5, 5.41) is 9.25. The topological polar surface area (TPSA) is 23.5 Å². The maximum Gasteiger partial charge on any atom is 0.0471 e. The van der Waals surface area contributed by atoms with Crippen LogP contribution in [0.1, 0.15) is 35.6 Å². The van der Waals surface area contributed by atoms with Crippen molar-refractivity contribution in [1.29, 1.82) is 0 Å². The van der Waals surface area contributed by atoms with Gasteiger partial charge in [-0.05, 0) is 62.4 Å². The van der Waals surface area contributed by atoms with Gasteiger partial charge in [-0.25, -0.2) is 0 Å². The molecule has 1 unspecified atom stereocenters. The summed E-state index contributed by atoms with van der Waals surface area (Å²) in [5.41, 5.74) is 5.48. The van der Waals surface area contributed by atoms with E-state index in [1.165, 1.54) is 22.3 Å². The van der Waals surface area contributed by atoms with E-state index in [1.807, 2.05) is 0 Å². The summed E-state index contributed by atoms with van der Waals surface area (Å²) in [6, 6.07) is 4.56. The zero-order valence-corrected chi connectivity index (χ0v) is 12.5. The van der Waals surface area contributed by atoms with Crippen LogP contribution < -0.4 is 0 Å². The van der Waals surface area contributed by atoms with Crippen LogP contribution in [-0.4, -0.2) is 30.2 Å². The van der Waals surface area contributed by atoms with E-state index in [1.54, 1.807) is 0 Å². The highest BCUT2D eigenvalue weighted by Gasteiger charge is 2.10. The highest BCUT2D eigenvalue weighted by Crippen LogP contribution is 2.17. The third kappa shape index (κ3) is 4.11. The first kappa shape index (κ1) is 15.2. The van der Waals surface area contributed by atoms with Crippen molar-refractivity contribution in [3.63, 3.8) is 0 Å². The molecular formula is C16H27NO. The van der Waals surface area contributed by atoms with Crippen LogP contribution in [0, 0.1) is 26.7 Å². The molecule has 0 aliphatic rings. The Morgan fingerprint density at radius 2 is 1.72 bits per heavy atom. The Morgan fingerprint density at radius 3 is 2.28 bits per heavy atom. The van der Waals surface area contributed by atoms with Gasteiger partial charge in [0.05, 0.1) is 0 Å². The summed E-state index contributed by atoms with van der Waals surface area (Å²) in [7, 11) is 2.13. The third-order valence-corrected chi connectivity index (χ3v) is 3.80. The van der Waals surface area contributed by atoms with Gasteiger partial charge in [0.25, 0.3) is 0 Å². The monoisotopic (exact) mass is 249 g/mol. The molecule has 1 atom stereocenters. The second kappa shape index (κ2) is 6.91. The third-order valence-electron chi connectivity index (χ3n) is 3.80. The Hall–Kier alpha value is -0.860. The molecular weight excluding hydrogens is 222 g/mol. The lowest BCUT2D eigenvalue weighted by molar-refractivity contribution is 0.173. The van der Waals surface area contributed by atoms with Crippen LogP contribution in [0.15, 0.2) is 12.1 Å². The molecule has 0 saturated carbocycles. The van der Waals surface area contributed by atoms with Gasteiger partial charge in [0.1, 0.15) is 0 Å². The molecule has 0 aliphatic carbocycles. The molecule has 0 bridgehead atoms. The quantitative estimate of drug-likeness (QED) is 0.837. The van der Waals surface area contributed by atoms with E-state index in [0.717, 1.165) is 19.5 Å². The van der Waals surface area contributed by atoms with E-state index >= 15 is 0 Å². The molecule has 0 fully saturated rings. The minimum absolute atomic E-state index is 0.284. The summed E-state index contributed by atoms with van der Waals surface area (Å²) in [4.78, 5) is 2.31. The molecule has 1 aromatic carbocycles. The first-order valence-electron chi connectivity index (χ1n) is 6.84. The fraction of sp³-hybridized carbons (Fsp3) is 0.625. The predicted molar refractivity (Wildman–Crippen MR) is 77.9 cm³/mol. The van der Waals surface area contributed by atoms with Crippen LogP contribution in [0.25, 0.3) is 0 Å². The summed E-state index contributed by atoms with van der Waals surface area (Å²) in [5.74, 6) is 0.391. The fourth-order valence-corrected chi connectivity index (χ4v) is 2.30. The first-order valence-corrected chi connectivity index (χ1v) is 6.84. The molecule has 0 aliphatic heterocycles. The van der Waals surface area contributed by atoms with Gasteiger partial charge in [0.15, 0.2) is 0 Å². The molecule has 1 aromatic rings. The molecule has 1 rings (SSSR count). The van der Waals surface area contributed by atoms with Gasteiger partial charge in [-0.15, -0.1) is 0 Å². The van der Waals surface area contributed by atoms with Crippen molar-refractivity contribution in [2.75, 3.05) is 20.2 Å². The van der Waals surface area contributed by atoms with E-state index in [9.17, 15) is 5.11 Å². The number of aliphatic hydroxyl groups excluding tert-OH is 1. The molecule has 102 valence electrons. The van der Waals surface area contributed by atoms with Gasteiger partial charge >= 0.3 is 0 Å². The number of benzene rings is 1. The summed E-state index contributed by atoms with van der Waals surface area (Å²) in [6.07, 6.45) is 1.03. The van der Waals surface area contributed by atoms with Crippen molar-refractivity contribution in [3.05, 3.63) is 34.4 Å². The molecule has 2 heteroatoms. The van der Waals surface area contributed by atoms with E-state index in [2.05, 4.69) is 51.8 Å². The molecule has 0 amide bonds. The standard InChI is InChI=1S/C16H27NO/c1-6-15(11-18)9-17(5)10-16-8-13(3)12(2)7-14(16)4/h7-8,15,18H,6,9-11H2,1-5H3. The lowest BCUT2D eigenvalue weighted by Gasteiger charge is -2.23. The van der Waals surface area contributed by atoms with E-state index in [0.29, 0.717) is 5.92 Å². The SMILES string of the molecule is CCC(CO)CN(C)Cc1cc(C)c(C)cc1C. The number of nitrogens with zero attached hydrogens (tertiary/aromatic N) is 1. The summed E-state index contributed by atoms with van der Waals surface area (Å²) in [6.45, 7) is 10.8. The maximum absolute atomic E-state index is 9.25. The van der Waals surface area contributed by atoms with Crippen molar-refractivity contribution >= 4 is 0 Å². The Balaban J connectivity index is 2.69. The number of hydrogen-bond donors (Lipinski definition) is 1. The van der Waals surface area contributed by atoms with Crippen LogP contribution >= 0.6 is 0 Å². The Morgan fingerprint density at radius 1 is 1.11 bits per heavy atom. The largest absolute Gasteiger partial charge is 0.396 e. The van der Waals surface area contributed by atoms with Crippen molar-refractivity contribution in [1.82, 2.24) is 4.90 Å². The van der Waals surface area contributed by atoms with E-state index < -0.39 is 0 Å². The van der Waals surface area contributed by atoms with Gasteiger partial charge in [-0.2, -0.15) is 0 Å². The van der Waals surface area contributed by atoms with E-state index in [4.69, 9.17) is 0 Å². The molecule has 0 spiro atoms. The van der Waals surface area contributed by atoms with Crippen molar-refractivity contribution in [2.45, 2.75) is 40.7 Å². The number of aryl methyl sites for hydroxylation is 3. The lowest BCUT2D eigenvalue weighted by Crippen LogP contribution is -2.27. The predicted octanol–water partition coefficient (Wildman–Crippen LogP) is 3.06. The highest BCUT2D eigenvalue weighted by atomic mass is 16.3. The van der Waals surface area contributed by atoms with Crippen LogP contribution in [0.5, 0.6) is 0 Å². The van der Waals surface area contributed by atoms with Crippen molar-refractivity contribution in [3.8, 4) is 0 Å². The molecule has 0 radical (unpaired) electrons. The summed E-state index contributed by atoms with van der Waals surface area (Å²) >= 11 is 0. The molecule has 1 N–H and O–H groups in total. The van der Waals surface area contributed by atoms with Crippen LogP contribution in [0.4, 0.5) is 0 Å². The number of hydrogen-bond acceptors (Lipinski definition) is 2. The zero-order chi connectivity index (χ0) is 13.7. The van der Waals surface area contributed by atoms with Gasteiger partial charge in [-0.1, -0.05) is 19.1 Å². The first-order chi connectivity index (χ1) is 8.47. The minimum atomic E-state index is 0.284. The average Bonchev–Trinajstić information content (AvgIpc) is 2.33. The van der Waals surface area contributed by atoms with Gasteiger partial charge in [-0.3, -0.25) is 0 Å². The second-order valence-electron chi connectivity index (χ2n) is 5.52. The molecule has 2 nitrogen and oxygen atoms in total. The maximum atomic E-state index is 9.25. The Labute approximate surface area is 112 Å². The molecule has 0 aromatic heterocycles. The average molecular weight is 249 g/mol. The van der Waals surface area contributed by atoms with Crippen LogP contribution in [0.3, 0.4) is 0 Å². The van der Waals surface area contributed by atoms with E-state index in [-0.39, 0.29) is 6.61 Å². The fourth-order valence-electron chi connectivity index (χ4n) is 2.30. The lowest BCUT2D eigenvalue weighted by atomic mass is 10.00. The smallest absolute Gasteiger partial charge is 0.0471 e. The normalized spacial score (nSPS) is 13.1. The van der Waals surface area contributed by atoms with Crippen molar-refractivity contribution in [2.24, 2.45) is 5.92 Å². The van der Waals surface area contributed by atoms with Gasteiger partial charge in [0, 0.05) is 19.7 Å². The van der Waals surface area contributed by atoms with Gasteiger partial charge < -0.3 is 10.0 Å². The molecule has 18 heavy (non-hydrogen) atoms. The molecule has 0 saturated heterocycles. The minimum Gasteiger partial charge on any atom is -0.396 e. The highest BCUT2D eigenvalue weighted by molar-refractivity contribution is 5.36. The van der Waals surface area contributed by atoms with Gasteiger partial charge in [0.2, 0.25) is 0 Å². The Bertz CT molecular complexity index is 383. The number of aliphatic hydroxyl groups is 1. The summed E-state index contributed by atoms with van der Waals surface area (Å²) < 4.78 is 0. The van der Waals surface area contributed by atoms with Crippen molar-refractivity contribution < 1.29 is 5.11 Å². The van der Waals surface area contributed by atoms with Crippen LogP contribution in [-0.2, 0) is 6.54 Å². The van der Waals surface area contributed by atoms with Crippen LogP contribution in [0.2, 0.25) is 0 Å². The zero-order valence-electron chi connectivity index (χ0n) is 12.5. The second-order valence-corrected chi connectivity index (χ2v) is 5.52. The molecule has 0 heterocycles. The Kier molecular flexibility index (Phi) is 5.83. The number of rotatable bonds is 6.